The van der Waals surface area contributed by atoms with E-state index < -0.39 is 11.3 Å². The number of alkyl halides is 1. The lowest BCUT2D eigenvalue weighted by Crippen LogP contribution is -2.34. The second kappa shape index (κ2) is 7.44. The molecule has 22 heavy (non-hydrogen) atoms. The Labute approximate surface area is 133 Å². The third-order valence-electron chi connectivity index (χ3n) is 3.18. The fraction of sp³-hybridized carbons (Fsp3) is 0.429. The van der Waals surface area contributed by atoms with Crippen molar-refractivity contribution in [2.45, 2.75) is 18.4 Å². The molecular formula is C14H18ClN5O2. The standard InChI is InChI=1S/C14H18ClN5O2/c1-8(16)12(15)13(17)14(21)20-9-2-3-10(19-6-9)11-7-18-4-5-22-11/h2-3,6,11-12,16-18H,4-5,7H2,1H3,(H,20,21). The lowest BCUT2D eigenvalue weighted by Gasteiger charge is -2.23. The number of halogens is 1. The van der Waals surface area contributed by atoms with Gasteiger partial charge in [-0.25, -0.2) is 0 Å². The van der Waals surface area contributed by atoms with E-state index in [1.165, 1.54) is 13.1 Å². The molecule has 0 bridgehead atoms. The number of amides is 1. The predicted octanol–water partition coefficient (Wildman–Crippen LogP) is 1.35. The largest absolute Gasteiger partial charge is 0.369 e. The quantitative estimate of drug-likeness (QED) is 0.484. The van der Waals surface area contributed by atoms with E-state index in [0.717, 1.165) is 12.2 Å². The first-order valence-corrected chi connectivity index (χ1v) is 7.30. The maximum Gasteiger partial charge on any atom is 0.271 e. The first-order valence-electron chi connectivity index (χ1n) is 6.86. The minimum Gasteiger partial charge on any atom is -0.369 e. The molecule has 1 fully saturated rings. The molecule has 4 N–H and O–H groups in total. The van der Waals surface area contributed by atoms with Crippen molar-refractivity contribution in [1.29, 1.82) is 10.8 Å². The first kappa shape index (κ1) is 16.5. The molecule has 0 spiro atoms. The number of morpholine rings is 1. The van der Waals surface area contributed by atoms with Crippen molar-refractivity contribution in [2.75, 3.05) is 25.0 Å². The first-order chi connectivity index (χ1) is 10.5. The van der Waals surface area contributed by atoms with Gasteiger partial charge in [-0.3, -0.25) is 15.2 Å². The van der Waals surface area contributed by atoms with Crippen LogP contribution in [0.15, 0.2) is 18.3 Å². The summed E-state index contributed by atoms with van der Waals surface area (Å²) in [6, 6.07) is 3.48. The number of anilines is 1. The van der Waals surface area contributed by atoms with Crippen molar-refractivity contribution >= 4 is 34.6 Å². The fourth-order valence-electron chi connectivity index (χ4n) is 1.96. The van der Waals surface area contributed by atoms with E-state index in [1.807, 2.05) is 0 Å². The van der Waals surface area contributed by atoms with Crippen LogP contribution in [0, 0.1) is 10.8 Å². The molecule has 1 aliphatic heterocycles. The van der Waals surface area contributed by atoms with Crippen LogP contribution in [0.3, 0.4) is 0 Å². The molecule has 2 heterocycles. The van der Waals surface area contributed by atoms with Crippen LogP contribution < -0.4 is 10.6 Å². The monoisotopic (exact) mass is 323 g/mol. The Balaban J connectivity index is 1.97. The van der Waals surface area contributed by atoms with Gasteiger partial charge in [-0.05, 0) is 19.1 Å². The van der Waals surface area contributed by atoms with E-state index in [0.29, 0.717) is 18.8 Å². The predicted molar refractivity (Wildman–Crippen MR) is 85.2 cm³/mol. The van der Waals surface area contributed by atoms with E-state index in [4.69, 9.17) is 27.2 Å². The summed E-state index contributed by atoms with van der Waals surface area (Å²) < 4.78 is 5.59. The van der Waals surface area contributed by atoms with Gasteiger partial charge in [0.15, 0.2) is 0 Å². The molecule has 0 aliphatic carbocycles. The number of hydrogen-bond acceptors (Lipinski definition) is 6. The van der Waals surface area contributed by atoms with Gasteiger partial charge in [-0.15, -0.1) is 11.6 Å². The van der Waals surface area contributed by atoms with E-state index in [-0.39, 0.29) is 17.5 Å². The number of pyridine rings is 1. The zero-order valence-corrected chi connectivity index (χ0v) is 12.9. The Hall–Kier alpha value is -1.83. The number of ether oxygens (including phenoxy) is 1. The van der Waals surface area contributed by atoms with Gasteiger partial charge in [0.05, 0.1) is 24.2 Å². The van der Waals surface area contributed by atoms with Crippen molar-refractivity contribution in [3.63, 3.8) is 0 Å². The number of hydrogen-bond donors (Lipinski definition) is 4. The summed E-state index contributed by atoms with van der Waals surface area (Å²) >= 11 is 5.81. The Morgan fingerprint density at radius 2 is 2.32 bits per heavy atom. The fourth-order valence-corrected chi connectivity index (χ4v) is 2.05. The van der Waals surface area contributed by atoms with Crippen molar-refractivity contribution in [1.82, 2.24) is 10.3 Å². The molecule has 8 heteroatoms. The van der Waals surface area contributed by atoms with E-state index in [1.54, 1.807) is 12.1 Å². The highest BCUT2D eigenvalue weighted by Crippen LogP contribution is 2.18. The number of nitrogens with one attached hydrogen (secondary N) is 4. The molecule has 0 radical (unpaired) electrons. The smallest absolute Gasteiger partial charge is 0.271 e. The van der Waals surface area contributed by atoms with E-state index in [2.05, 4.69) is 15.6 Å². The van der Waals surface area contributed by atoms with E-state index >= 15 is 0 Å². The van der Waals surface area contributed by atoms with Gasteiger partial charge in [0, 0.05) is 18.8 Å². The number of rotatable bonds is 5. The molecule has 7 nitrogen and oxygen atoms in total. The maximum atomic E-state index is 11.9. The van der Waals surface area contributed by atoms with Gasteiger partial charge in [-0.1, -0.05) is 0 Å². The van der Waals surface area contributed by atoms with Crippen molar-refractivity contribution in [3.05, 3.63) is 24.0 Å². The van der Waals surface area contributed by atoms with Gasteiger partial charge in [-0.2, -0.15) is 0 Å². The number of carbonyl (C=O) groups excluding carboxylic acids is 1. The molecule has 0 aromatic carbocycles. The summed E-state index contributed by atoms with van der Waals surface area (Å²) in [7, 11) is 0. The SMILES string of the molecule is CC(=N)C(Cl)C(=N)C(=O)Nc1ccc(C2CNCCO2)nc1. The highest BCUT2D eigenvalue weighted by Gasteiger charge is 2.21. The molecule has 0 saturated carbocycles. The third kappa shape index (κ3) is 4.09. The van der Waals surface area contributed by atoms with E-state index in [9.17, 15) is 4.79 Å². The number of aromatic nitrogens is 1. The summed E-state index contributed by atoms with van der Waals surface area (Å²) in [4.78, 5) is 16.1. The van der Waals surface area contributed by atoms with Gasteiger partial charge in [0.25, 0.3) is 5.91 Å². The molecular weight excluding hydrogens is 306 g/mol. The molecule has 118 valence electrons. The zero-order chi connectivity index (χ0) is 16.1. The Morgan fingerprint density at radius 3 is 2.86 bits per heavy atom. The van der Waals surface area contributed by atoms with Gasteiger partial charge >= 0.3 is 0 Å². The summed E-state index contributed by atoms with van der Waals surface area (Å²) in [5.41, 5.74) is 0.940. The number of nitrogens with zero attached hydrogens (tertiary/aromatic N) is 1. The highest BCUT2D eigenvalue weighted by molar-refractivity contribution is 6.58. The highest BCUT2D eigenvalue weighted by atomic mass is 35.5. The van der Waals surface area contributed by atoms with Crippen LogP contribution in [0.1, 0.15) is 18.7 Å². The third-order valence-corrected chi connectivity index (χ3v) is 3.73. The molecule has 1 aliphatic rings. The van der Waals surface area contributed by atoms with Crippen LogP contribution in [0.4, 0.5) is 5.69 Å². The molecule has 2 unspecified atom stereocenters. The zero-order valence-electron chi connectivity index (χ0n) is 12.1. The molecule has 2 rings (SSSR count). The van der Waals surface area contributed by atoms with Crippen LogP contribution in [0.2, 0.25) is 0 Å². The lowest BCUT2D eigenvalue weighted by molar-refractivity contribution is -0.110. The topological polar surface area (TPSA) is 111 Å². The lowest BCUT2D eigenvalue weighted by atomic mass is 10.1. The molecule has 1 aromatic heterocycles. The van der Waals surface area contributed by atoms with Gasteiger partial charge in [0.2, 0.25) is 0 Å². The second-order valence-corrected chi connectivity index (χ2v) is 5.39. The molecule has 1 amide bonds. The number of carbonyl (C=O) groups is 1. The van der Waals surface area contributed by atoms with Crippen molar-refractivity contribution in [2.24, 2.45) is 0 Å². The van der Waals surface area contributed by atoms with Crippen LogP contribution in [0.5, 0.6) is 0 Å². The van der Waals surface area contributed by atoms with Crippen molar-refractivity contribution in [3.8, 4) is 0 Å². The summed E-state index contributed by atoms with van der Waals surface area (Å²) in [5, 5.41) is 19.8. The van der Waals surface area contributed by atoms with Crippen LogP contribution >= 0.6 is 11.6 Å². The maximum absolute atomic E-state index is 11.9. The van der Waals surface area contributed by atoms with Crippen LogP contribution in [0.25, 0.3) is 0 Å². The molecule has 1 aromatic rings. The average molecular weight is 324 g/mol. The average Bonchev–Trinajstić information content (AvgIpc) is 2.54. The normalized spacial score (nSPS) is 19.3. The minimum atomic E-state index is -1.02. The van der Waals surface area contributed by atoms with Crippen LogP contribution in [-0.2, 0) is 9.53 Å². The Morgan fingerprint density at radius 1 is 1.55 bits per heavy atom. The molecule has 1 saturated heterocycles. The summed E-state index contributed by atoms with van der Waals surface area (Å²) in [6.07, 6.45) is 1.42. The van der Waals surface area contributed by atoms with Gasteiger partial charge < -0.3 is 20.8 Å². The molecule has 2 atom stereocenters. The summed E-state index contributed by atoms with van der Waals surface area (Å²) in [5.74, 6) is -0.642. The van der Waals surface area contributed by atoms with Crippen molar-refractivity contribution < 1.29 is 9.53 Å². The summed E-state index contributed by atoms with van der Waals surface area (Å²) in [6.45, 7) is 3.63. The second-order valence-electron chi connectivity index (χ2n) is 4.95. The Bertz CT molecular complexity index is 569. The van der Waals surface area contributed by atoms with Gasteiger partial charge in [0.1, 0.15) is 17.2 Å². The Kier molecular flexibility index (Phi) is 5.59. The minimum absolute atomic E-state index is 0.0530. The van der Waals surface area contributed by atoms with Crippen LogP contribution in [-0.4, -0.2) is 47.4 Å².